The second-order valence-corrected chi connectivity index (χ2v) is 5.52. The SMILES string of the molecule is CCCC(CC1CCCC1)C(=O)N[C@@H](C)CN. The molecular formula is C14H28N2O. The standard InChI is InChI=1S/C14H28N2O/c1-3-6-13(9-12-7-4-5-8-12)14(17)16-11(2)10-15/h11-13H,3-10,15H2,1-2H3,(H,16,17)/t11-,13?/m0/s1. The van der Waals surface area contributed by atoms with Crippen molar-refractivity contribution >= 4 is 5.91 Å². The van der Waals surface area contributed by atoms with Crippen molar-refractivity contribution in [2.45, 2.75) is 64.8 Å². The molecule has 0 aromatic heterocycles. The minimum atomic E-state index is 0.102. The van der Waals surface area contributed by atoms with Crippen molar-refractivity contribution in [3.05, 3.63) is 0 Å². The highest BCUT2D eigenvalue weighted by Gasteiger charge is 2.24. The Labute approximate surface area is 106 Å². The Kier molecular flexibility index (Phi) is 6.56. The molecule has 3 N–H and O–H groups in total. The van der Waals surface area contributed by atoms with E-state index in [2.05, 4.69) is 12.2 Å². The quantitative estimate of drug-likeness (QED) is 0.718. The molecule has 1 aliphatic rings. The third-order valence-electron chi connectivity index (χ3n) is 3.84. The second kappa shape index (κ2) is 7.70. The maximum Gasteiger partial charge on any atom is 0.223 e. The Morgan fingerprint density at radius 3 is 2.59 bits per heavy atom. The van der Waals surface area contributed by atoms with Crippen molar-refractivity contribution in [1.29, 1.82) is 0 Å². The van der Waals surface area contributed by atoms with Crippen LogP contribution in [0.4, 0.5) is 0 Å². The Hall–Kier alpha value is -0.570. The maximum atomic E-state index is 12.1. The molecule has 2 atom stereocenters. The van der Waals surface area contributed by atoms with Gasteiger partial charge >= 0.3 is 0 Å². The van der Waals surface area contributed by atoms with Crippen LogP contribution >= 0.6 is 0 Å². The monoisotopic (exact) mass is 240 g/mol. The number of nitrogens with two attached hydrogens (primary N) is 1. The van der Waals surface area contributed by atoms with Crippen LogP contribution in [-0.4, -0.2) is 18.5 Å². The molecule has 0 heterocycles. The minimum absolute atomic E-state index is 0.102. The van der Waals surface area contributed by atoms with Gasteiger partial charge in [0, 0.05) is 18.5 Å². The molecule has 1 saturated carbocycles. The summed E-state index contributed by atoms with van der Waals surface area (Å²) in [6.45, 7) is 4.64. The molecule has 1 amide bonds. The van der Waals surface area contributed by atoms with Crippen LogP contribution in [0.2, 0.25) is 0 Å². The van der Waals surface area contributed by atoms with Crippen molar-refractivity contribution in [3.63, 3.8) is 0 Å². The molecule has 3 heteroatoms. The molecule has 3 nitrogen and oxygen atoms in total. The fourth-order valence-electron chi connectivity index (χ4n) is 2.77. The minimum Gasteiger partial charge on any atom is -0.352 e. The number of carbonyl (C=O) groups is 1. The van der Waals surface area contributed by atoms with E-state index < -0.39 is 0 Å². The molecule has 1 unspecified atom stereocenters. The fourth-order valence-corrected chi connectivity index (χ4v) is 2.77. The maximum absolute atomic E-state index is 12.1. The summed E-state index contributed by atoms with van der Waals surface area (Å²) in [4.78, 5) is 12.1. The van der Waals surface area contributed by atoms with Crippen LogP contribution in [-0.2, 0) is 4.79 Å². The summed E-state index contributed by atoms with van der Waals surface area (Å²) in [6, 6.07) is 0.102. The highest BCUT2D eigenvalue weighted by Crippen LogP contribution is 2.31. The smallest absolute Gasteiger partial charge is 0.223 e. The van der Waals surface area contributed by atoms with E-state index in [9.17, 15) is 4.79 Å². The first kappa shape index (κ1) is 14.5. The van der Waals surface area contributed by atoms with Gasteiger partial charge in [-0.1, -0.05) is 39.0 Å². The van der Waals surface area contributed by atoms with Gasteiger partial charge in [-0.05, 0) is 25.7 Å². The second-order valence-electron chi connectivity index (χ2n) is 5.52. The number of hydrogen-bond donors (Lipinski definition) is 2. The average Bonchev–Trinajstić information content (AvgIpc) is 2.81. The lowest BCUT2D eigenvalue weighted by atomic mass is 9.89. The van der Waals surface area contributed by atoms with E-state index in [-0.39, 0.29) is 17.9 Å². The van der Waals surface area contributed by atoms with E-state index in [1.807, 2.05) is 6.92 Å². The summed E-state index contributed by atoms with van der Waals surface area (Å²) in [5.41, 5.74) is 5.54. The highest BCUT2D eigenvalue weighted by atomic mass is 16.1. The van der Waals surface area contributed by atoms with Gasteiger partial charge in [0.1, 0.15) is 0 Å². The predicted molar refractivity (Wildman–Crippen MR) is 71.6 cm³/mol. The van der Waals surface area contributed by atoms with E-state index in [0.717, 1.165) is 25.2 Å². The van der Waals surface area contributed by atoms with Crippen LogP contribution in [0.5, 0.6) is 0 Å². The van der Waals surface area contributed by atoms with Crippen LogP contribution in [0.25, 0.3) is 0 Å². The summed E-state index contributed by atoms with van der Waals surface area (Å²) in [6.07, 6.45) is 8.52. The first-order valence-electron chi connectivity index (χ1n) is 7.17. The van der Waals surface area contributed by atoms with Crippen LogP contribution < -0.4 is 11.1 Å². The first-order chi connectivity index (χ1) is 8.17. The van der Waals surface area contributed by atoms with Gasteiger partial charge in [-0.15, -0.1) is 0 Å². The van der Waals surface area contributed by atoms with Crippen LogP contribution in [0, 0.1) is 11.8 Å². The largest absolute Gasteiger partial charge is 0.352 e. The lowest BCUT2D eigenvalue weighted by Crippen LogP contribution is -2.41. The van der Waals surface area contributed by atoms with Crippen molar-refractivity contribution in [2.24, 2.45) is 17.6 Å². The topological polar surface area (TPSA) is 55.1 Å². The Bertz CT molecular complexity index is 224. The molecule has 0 aliphatic heterocycles. The van der Waals surface area contributed by atoms with Gasteiger partial charge in [0.05, 0.1) is 0 Å². The van der Waals surface area contributed by atoms with Gasteiger partial charge in [-0.25, -0.2) is 0 Å². The summed E-state index contributed by atoms with van der Waals surface area (Å²) in [5, 5.41) is 3.02. The van der Waals surface area contributed by atoms with Crippen LogP contribution in [0.3, 0.4) is 0 Å². The zero-order valence-corrected chi connectivity index (χ0v) is 11.4. The molecule has 0 bridgehead atoms. The fraction of sp³-hybridized carbons (Fsp3) is 0.929. The number of rotatable bonds is 7. The number of carbonyl (C=O) groups excluding carboxylic acids is 1. The molecule has 0 spiro atoms. The Balaban J connectivity index is 2.42. The van der Waals surface area contributed by atoms with Gasteiger partial charge in [-0.3, -0.25) is 4.79 Å². The molecule has 100 valence electrons. The predicted octanol–water partition coefficient (Wildman–Crippen LogP) is 2.45. The molecule has 1 fully saturated rings. The number of nitrogens with one attached hydrogen (secondary N) is 1. The number of amides is 1. The van der Waals surface area contributed by atoms with Gasteiger partial charge in [0.15, 0.2) is 0 Å². The molecule has 0 saturated heterocycles. The van der Waals surface area contributed by atoms with E-state index in [1.165, 1.54) is 25.7 Å². The summed E-state index contributed by atoms with van der Waals surface area (Å²) < 4.78 is 0. The third kappa shape index (κ3) is 5.07. The molecule has 0 aromatic rings. The van der Waals surface area contributed by atoms with Gasteiger partial charge < -0.3 is 11.1 Å². The molecule has 1 rings (SSSR count). The van der Waals surface area contributed by atoms with Gasteiger partial charge in [0.2, 0.25) is 5.91 Å². The Morgan fingerprint density at radius 1 is 1.41 bits per heavy atom. The molecule has 0 radical (unpaired) electrons. The van der Waals surface area contributed by atoms with Crippen LogP contribution in [0.15, 0.2) is 0 Å². The Morgan fingerprint density at radius 2 is 2.06 bits per heavy atom. The zero-order chi connectivity index (χ0) is 12.7. The number of hydrogen-bond acceptors (Lipinski definition) is 2. The van der Waals surface area contributed by atoms with Crippen molar-refractivity contribution in [1.82, 2.24) is 5.32 Å². The van der Waals surface area contributed by atoms with E-state index in [1.54, 1.807) is 0 Å². The summed E-state index contributed by atoms with van der Waals surface area (Å²) >= 11 is 0. The van der Waals surface area contributed by atoms with Crippen molar-refractivity contribution < 1.29 is 4.79 Å². The average molecular weight is 240 g/mol. The lowest BCUT2D eigenvalue weighted by molar-refractivity contribution is -0.126. The first-order valence-corrected chi connectivity index (χ1v) is 7.17. The van der Waals surface area contributed by atoms with Crippen molar-refractivity contribution in [3.8, 4) is 0 Å². The van der Waals surface area contributed by atoms with Gasteiger partial charge in [-0.2, -0.15) is 0 Å². The van der Waals surface area contributed by atoms with Gasteiger partial charge in [0.25, 0.3) is 0 Å². The molecule has 1 aliphatic carbocycles. The molecule has 17 heavy (non-hydrogen) atoms. The van der Waals surface area contributed by atoms with E-state index in [4.69, 9.17) is 5.73 Å². The normalized spacial score (nSPS) is 20.2. The van der Waals surface area contributed by atoms with E-state index in [0.29, 0.717) is 6.54 Å². The third-order valence-corrected chi connectivity index (χ3v) is 3.84. The molecular weight excluding hydrogens is 212 g/mol. The van der Waals surface area contributed by atoms with E-state index >= 15 is 0 Å². The highest BCUT2D eigenvalue weighted by molar-refractivity contribution is 5.78. The molecule has 0 aromatic carbocycles. The van der Waals surface area contributed by atoms with Crippen molar-refractivity contribution in [2.75, 3.05) is 6.54 Å². The van der Waals surface area contributed by atoms with Crippen LogP contribution in [0.1, 0.15) is 58.8 Å². The summed E-state index contributed by atoms with van der Waals surface area (Å²) in [7, 11) is 0. The zero-order valence-electron chi connectivity index (χ0n) is 11.4. The summed E-state index contributed by atoms with van der Waals surface area (Å²) in [5.74, 6) is 1.21. The lowest BCUT2D eigenvalue weighted by Gasteiger charge is -2.21.